The molecule has 2 aromatic rings. The molecule has 1 aliphatic heterocycles. The van der Waals surface area contributed by atoms with Crippen LogP contribution in [-0.2, 0) is 10.0 Å². The molecule has 0 radical (unpaired) electrons. The van der Waals surface area contributed by atoms with Crippen molar-refractivity contribution in [3.8, 4) is 0 Å². The first-order valence-corrected chi connectivity index (χ1v) is 11.2. The van der Waals surface area contributed by atoms with Crippen molar-refractivity contribution in [2.45, 2.75) is 24.7 Å². The summed E-state index contributed by atoms with van der Waals surface area (Å²) < 4.78 is 28.2. The summed E-state index contributed by atoms with van der Waals surface area (Å²) in [6.07, 6.45) is 1.92. The SMILES string of the molecule is CC1CCCN(S(=O)(=O)c2cccc(C(=O)CNc3ccccc3Br)c2)C1. The lowest BCUT2D eigenvalue weighted by Crippen LogP contribution is -2.39. The molecule has 0 aliphatic carbocycles. The molecule has 0 amide bonds. The van der Waals surface area contributed by atoms with Crippen molar-refractivity contribution in [2.75, 3.05) is 25.0 Å². The molecule has 5 nitrogen and oxygen atoms in total. The van der Waals surface area contributed by atoms with E-state index in [-0.39, 0.29) is 17.2 Å². The smallest absolute Gasteiger partial charge is 0.243 e. The normalized spacial score (nSPS) is 18.2. The van der Waals surface area contributed by atoms with Crippen molar-refractivity contribution in [3.05, 3.63) is 58.6 Å². The highest BCUT2D eigenvalue weighted by Gasteiger charge is 2.29. The molecule has 0 spiro atoms. The zero-order chi connectivity index (χ0) is 19.4. The van der Waals surface area contributed by atoms with Gasteiger partial charge in [0.05, 0.1) is 11.4 Å². The van der Waals surface area contributed by atoms with Gasteiger partial charge in [-0.15, -0.1) is 0 Å². The fraction of sp³-hybridized carbons (Fsp3) is 0.350. The number of benzene rings is 2. The van der Waals surface area contributed by atoms with Gasteiger partial charge < -0.3 is 5.32 Å². The number of Topliss-reactive ketones (excluding diaryl/α,β-unsaturated/α-hetero) is 1. The van der Waals surface area contributed by atoms with Crippen LogP contribution in [0.1, 0.15) is 30.1 Å². The molecular weight excluding hydrogens is 428 g/mol. The molecule has 0 saturated carbocycles. The average molecular weight is 451 g/mol. The Labute approximate surface area is 169 Å². The minimum absolute atomic E-state index is 0.0901. The van der Waals surface area contributed by atoms with E-state index in [0.29, 0.717) is 24.6 Å². The molecule has 0 aromatic heterocycles. The van der Waals surface area contributed by atoms with E-state index in [1.165, 1.54) is 10.4 Å². The van der Waals surface area contributed by atoms with Gasteiger partial charge in [-0.2, -0.15) is 4.31 Å². The highest BCUT2D eigenvalue weighted by atomic mass is 79.9. The summed E-state index contributed by atoms with van der Waals surface area (Å²) in [6.45, 7) is 3.22. The number of ketones is 1. The molecule has 1 heterocycles. The zero-order valence-electron chi connectivity index (χ0n) is 15.2. The Morgan fingerprint density at radius 3 is 2.74 bits per heavy atom. The number of hydrogen-bond acceptors (Lipinski definition) is 4. The Morgan fingerprint density at radius 2 is 2.00 bits per heavy atom. The van der Waals surface area contributed by atoms with Crippen molar-refractivity contribution in [3.63, 3.8) is 0 Å². The van der Waals surface area contributed by atoms with E-state index in [4.69, 9.17) is 0 Å². The molecule has 1 unspecified atom stereocenters. The van der Waals surface area contributed by atoms with Crippen LogP contribution in [0.2, 0.25) is 0 Å². The molecule has 1 N–H and O–H groups in total. The minimum atomic E-state index is -3.57. The van der Waals surface area contributed by atoms with Crippen LogP contribution >= 0.6 is 15.9 Å². The maximum Gasteiger partial charge on any atom is 0.243 e. The number of para-hydroxylation sites is 1. The molecule has 0 bridgehead atoms. The molecule has 144 valence electrons. The van der Waals surface area contributed by atoms with Crippen LogP contribution in [0.25, 0.3) is 0 Å². The molecule has 7 heteroatoms. The number of hydrogen-bond donors (Lipinski definition) is 1. The largest absolute Gasteiger partial charge is 0.377 e. The Hall–Kier alpha value is -1.70. The first-order chi connectivity index (χ1) is 12.9. The van der Waals surface area contributed by atoms with Gasteiger partial charge >= 0.3 is 0 Å². The summed E-state index contributed by atoms with van der Waals surface area (Å²) in [7, 11) is -3.57. The highest BCUT2D eigenvalue weighted by Crippen LogP contribution is 2.24. The van der Waals surface area contributed by atoms with Gasteiger partial charge in [-0.1, -0.05) is 31.2 Å². The predicted octanol–water partition coefficient (Wildman–Crippen LogP) is 4.16. The number of nitrogens with one attached hydrogen (secondary N) is 1. The summed E-state index contributed by atoms with van der Waals surface area (Å²) in [5, 5.41) is 3.08. The summed E-state index contributed by atoms with van der Waals surface area (Å²) in [6, 6.07) is 13.9. The highest BCUT2D eigenvalue weighted by molar-refractivity contribution is 9.10. The van der Waals surface area contributed by atoms with Gasteiger partial charge in [0, 0.05) is 28.8 Å². The number of halogens is 1. The Morgan fingerprint density at radius 1 is 1.22 bits per heavy atom. The van der Waals surface area contributed by atoms with Gasteiger partial charge in [-0.05, 0) is 59.0 Å². The van der Waals surface area contributed by atoms with E-state index < -0.39 is 10.0 Å². The van der Waals surface area contributed by atoms with Crippen molar-refractivity contribution in [2.24, 2.45) is 5.92 Å². The van der Waals surface area contributed by atoms with Gasteiger partial charge in [0.15, 0.2) is 5.78 Å². The summed E-state index contributed by atoms with van der Waals surface area (Å²) >= 11 is 3.43. The third kappa shape index (κ3) is 4.78. The number of rotatable bonds is 6. The van der Waals surface area contributed by atoms with Crippen molar-refractivity contribution >= 4 is 37.4 Å². The molecule has 2 aromatic carbocycles. The van der Waals surface area contributed by atoms with E-state index >= 15 is 0 Å². The lowest BCUT2D eigenvalue weighted by Gasteiger charge is -2.30. The lowest BCUT2D eigenvalue weighted by atomic mass is 10.0. The second kappa shape index (κ2) is 8.54. The van der Waals surface area contributed by atoms with Crippen LogP contribution in [-0.4, -0.2) is 38.1 Å². The number of anilines is 1. The Balaban J connectivity index is 1.74. The van der Waals surface area contributed by atoms with Crippen LogP contribution in [0.5, 0.6) is 0 Å². The van der Waals surface area contributed by atoms with E-state index in [1.807, 2.05) is 24.3 Å². The van der Waals surface area contributed by atoms with Crippen molar-refractivity contribution in [1.82, 2.24) is 4.31 Å². The van der Waals surface area contributed by atoms with Crippen molar-refractivity contribution < 1.29 is 13.2 Å². The molecule has 1 aliphatic rings. The first kappa shape index (κ1) is 20.0. The third-order valence-electron chi connectivity index (χ3n) is 4.73. The maximum absolute atomic E-state index is 12.9. The Kier molecular flexibility index (Phi) is 6.34. The van der Waals surface area contributed by atoms with E-state index in [2.05, 4.69) is 28.2 Å². The third-order valence-corrected chi connectivity index (χ3v) is 7.28. The molecule has 1 atom stereocenters. The van der Waals surface area contributed by atoms with Crippen LogP contribution < -0.4 is 5.32 Å². The number of piperidine rings is 1. The number of sulfonamides is 1. The van der Waals surface area contributed by atoms with E-state index in [9.17, 15) is 13.2 Å². The fourth-order valence-corrected chi connectivity index (χ4v) is 5.30. The zero-order valence-corrected chi connectivity index (χ0v) is 17.6. The second-order valence-electron chi connectivity index (χ2n) is 6.89. The molecule has 3 rings (SSSR count). The van der Waals surface area contributed by atoms with Crippen LogP contribution in [0.3, 0.4) is 0 Å². The number of nitrogens with zero attached hydrogens (tertiary/aromatic N) is 1. The standard InChI is InChI=1S/C20H23BrN2O3S/c1-15-6-5-11-23(14-15)27(25,26)17-8-4-7-16(12-17)20(24)13-22-19-10-3-2-9-18(19)21/h2-4,7-10,12,15,22H,5-6,11,13-14H2,1H3. The molecular formula is C20H23BrN2O3S. The summed E-state index contributed by atoms with van der Waals surface area (Å²) in [4.78, 5) is 12.7. The molecule has 1 fully saturated rings. The lowest BCUT2D eigenvalue weighted by molar-refractivity contribution is 0.101. The number of carbonyl (C=O) groups is 1. The molecule has 1 saturated heterocycles. The van der Waals surface area contributed by atoms with Gasteiger partial charge in [0.25, 0.3) is 0 Å². The van der Waals surface area contributed by atoms with Gasteiger partial charge in [-0.3, -0.25) is 4.79 Å². The summed E-state index contributed by atoms with van der Waals surface area (Å²) in [5.74, 6) is 0.196. The minimum Gasteiger partial charge on any atom is -0.377 e. The average Bonchev–Trinajstić information content (AvgIpc) is 2.67. The Bertz CT molecular complexity index is 930. The van der Waals surface area contributed by atoms with Crippen molar-refractivity contribution in [1.29, 1.82) is 0 Å². The number of carbonyl (C=O) groups excluding carboxylic acids is 1. The monoisotopic (exact) mass is 450 g/mol. The van der Waals surface area contributed by atoms with Crippen LogP contribution in [0, 0.1) is 5.92 Å². The topological polar surface area (TPSA) is 66.5 Å². The van der Waals surface area contributed by atoms with Gasteiger partial charge in [-0.25, -0.2) is 8.42 Å². The predicted molar refractivity (Wildman–Crippen MR) is 111 cm³/mol. The summed E-state index contributed by atoms with van der Waals surface area (Å²) in [5.41, 5.74) is 1.21. The van der Waals surface area contributed by atoms with Crippen LogP contribution in [0.15, 0.2) is 57.9 Å². The molecule has 27 heavy (non-hydrogen) atoms. The van der Waals surface area contributed by atoms with E-state index in [1.54, 1.807) is 18.2 Å². The van der Waals surface area contributed by atoms with Gasteiger partial charge in [0.2, 0.25) is 10.0 Å². The maximum atomic E-state index is 12.9. The fourth-order valence-electron chi connectivity index (χ4n) is 3.23. The second-order valence-corrected chi connectivity index (χ2v) is 9.69. The van der Waals surface area contributed by atoms with Gasteiger partial charge in [0.1, 0.15) is 0 Å². The quantitative estimate of drug-likeness (QED) is 0.670. The van der Waals surface area contributed by atoms with Crippen LogP contribution in [0.4, 0.5) is 5.69 Å². The first-order valence-electron chi connectivity index (χ1n) is 9.00. The van der Waals surface area contributed by atoms with E-state index in [0.717, 1.165) is 23.0 Å².